The van der Waals surface area contributed by atoms with Crippen LogP contribution in [0.4, 0.5) is 0 Å². The zero-order chi connectivity index (χ0) is 10.7. The van der Waals surface area contributed by atoms with Gasteiger partial charge in [0.1, 0.15) is 5.82 Å². The SMILES string of the molecule is CCn1ccnc1CC1CCCCC1Cl. The van der Waals surface area contributed by atoms with Gasteiger partial charge in [0.05, 0.1) is 0 Å². The zero-order valence-electron chi connectivity index (χ0n) is 9.32. The number of aromatic nitrogens is 2. The highest BCUT2D eigenvalue weighted by atomic mass is 35.5. The van der Waals surface area contributed by atoms with Gasteiger partial charge < -0.3 is 4.57 Å². The van der Waals surface area contributed by atoms with E-state index in [4.69, 9.17) is 11.6 Å². The molecule has 2 rings (SSSR count). The zero-order valence-corrected chi connectivity index (χ0v) is 10.1. The van der Waals surface area contributed by atoms with E-state index in [-0.39, 0.29) is 0 Å². The Morgan fingerprint density at radius 3 is 3.00 bits per heavy atom. The Morgan fingerprint density at radius 1 is 1.47 bits per heavy atom. The van der Waals surface area contributed by atoms with Crippen molar-refractivity contribution >= 4 is 11.6 Å². The predicted octanol–water partition coefficient (Wildman–Crippen LogP) is 3.24. The summed E-state index contributed by atoms with van der Waals surface area (Å²) < 4.78 is 2.22. The Labute approximate surface area is 96.7 Å². The van der Waals surface area contributed by atoms with E-state index in [1.54, 1.807) is 0 Å². The van der Waals surface area contributed by atoms with Crippen molar-refractivity contribution in [2.45, 2.75) is 50.9 Å². The second kappa shape index (κ2) is 5.02. The molecule has 2 atom stereocenters. The number of hydrogen-bond donors (Lipinski definition) is 0. The number of halogens is 1. The van der Waals surface area contributed by atoms with Gasteiger partial charge in [-0.3, -0.25) is 0 Å². The molecular formula is C12H19ClN2. The first-order valence-electron chi connectivity index (χ1n) is 5.95. The van der Waals surface area contributed by atoms with Gasteiger partial charge in [-0.15, -0.1) is 11.6 Å². The van der Waals surface area contributed by atoms with E-state index in [1.165, 1.54) is 31.5 Å². The maximum absolute atomic E-state index is 6.36. The van der Waals surface area contributed by atoms with E-state index in [0.717, 1.165) is 13.0 Å². The molecule has 0 amide bonds. The summed E-state index contributed by atoms with van der Waals surface area (Å²) in [4.78, 5) is 4.42. The maximum atomic E-state index is 6.36. The molecule has 1 aliphatic carbocycles. The largest absolute Gasteiger partial charge is 0.335 e. The van der Waals surface area contributed by atoms with Crippen molar-refractivity contribution in [1.82, 2.24) is 9.55 Å². The van der Waals surface area contributed by atoms with Gasteiger partial charge in [-0.25, -0.2) is 4.98 Å². The summed E-state index contributed by atoms with van der Waals surface area (Å²) in [5, 5.41) is 0.362. The first-order valence-corrected chi connectivity index (χ1v) is 6.39. The lowest BCUT2D eigenvalue weighted by molar-refractivity contribution is 0.355. The van der Waals surface area contributed by atoms with Gasteiger partial charge in [-0.1, -0.05) is 12.8 Å². The van der Waals surface area contributed by atoms with Crippen LogP contribution < -0.4 is 0 Å². The molecule has 0 N–H and O–H groups in total. The Kier molecular flexibility index (Phi) is 3.68. The second-order valence-corrected chi connectivity index (χ2v) is 4.95. The molecule has 0 radical (unpaired) electrons. The molecule has 0 aromatic carbocycles. The fraction of sp³-hybridized carbons (Fsp3) is 0.750. The third-order valence-corrected chi connectivity index (χ3v) is 3.98. The molecule has 1 aromatic heterocycles. The van der Waals surface area contributed by atoms with Crippen LogP contribution in [0, 0.1) is 5.92 Å². The number of alkyl halides is 1. The van der Waals surface area contributed by atoms with Gasteiger partial charge in [0, 0.05) is 30.7 Å². The highest BCUT2D eigenvalue weighted by Crippen LogP contribution is 2.30. The van der Waals surface area contributed by atoms with Crippen molar-refractivity contribution in [3.05, 3.63) is 18.2 Å². The van der Waals surface area contributed by atoms with Crippen LogP contribution in [0.25, 0.3) is 0 Å². The minimum absolute atomic E-state index is 0.362. The number of aryl methyl sites for hydroxylation is 1. The minimum Gasteiger partial charge on any atom is -0.335 e. The minimum atomic E-state index is 0.362. The van der Waals surface area contributed by atoms with Crippen molar-refractivity contribution in [2.24, 2.45) is 5.92 Å². The van der Waals surface area contributed by atoms with Crippen molar-refractivity contribution in [2.75, 3.05) is 0 Å². The topological polar surface area (TPSA) is 17.8 Å². The molecule has 1 saturated carbocycles. The van der Waals surface area contributed by atoms with E-state index >= 15 is 0 Å². The molecule has 84 valence electrons. The van der Waals surface area contributed by atoms with Crippen molar-refractivity contribution in [3.8, 4) is 0 Å². The van der Waals surface area contributed by atoms with Crippen molar-refractivity contribution < 1.29 is 0 Å². The predicted molar refractivity (Wildman–Crippen MR) is 63.2 cm³/mol. The quantitative estimate of drug-likeness (QED) is 0.724. The number of imidazole rings is 1. The molecule has 1 heterocycles. The molecule has 3 heteroatoms. The lowest BCUT2D eigenvalue weighted by Gasteiger charge is -2.26. The molecule has 2 unspecified atom stereocenters. The average Bonchev–Trinajstić information content (AvgIpc) is 2.69. The third kappa shape index (κ3) is 2.54. The van der Waals surface area contributed by atoms with Crippen LogP contribution in [0.1, 0.15) is 38.4 Å². The monoisotopic (exact) mass is 226 g/mol. The summed E-state index contributed by atoms with van der Waals surface area (Å²) in [6, 6.07) is 0. The number of rotatable bonds is 3. The summed E-state index contributed by atoms with van der Waals surface area (Å²) in [5.74, 6) is 1.84. The van der Waals surface area contributed by atoms with Crippen LogP contribution in [0.5, 0.6) is 0 Å². The number of hydrogen-bond acceptors (Lipinski definition) is 1. The second-order valence-electron chi connectivity index (χ2n) is 4.39. The summed E-state index contributed by atoms with van der Waals surface area (Å²) in [5.41, 5.74) is 0. The van der Waals surface area contributed by atoms with Crippen LogP contribution in [0.2, 0.25) is 0 Å². The lowest BCUT2D eigenvalue weighted by atomic mass is 9.86. The Balaban J connectivity index is 2.01. The Bertz CT molecular complexity index is 308. The highest BCUT2D eigenvalue weighted by molar-refractivity contribution is 6.20. The molecule has 0 aliphatic heterocycles. The first-order chi connectivity index (χ1) is 7.31. The summed E-state index contributed by atoms with van der Waals surface area (Å²) >= 11 is 6.36. The van der Waals surface area contributed by atoms with Crippen LogP contribution in [-0.2, 0) is 13.0 Å². The van der Waals surface area contributed by atoms with Gasteiger partial charge >= 0.3 is 0 Å². The third-order valence-electron chi connectivity index (χ3n) is 3.40. The van der Waals surface area contributed by atoms with Gasteiger partial charge in [0.25, 0.3) is 0 Å². The van der Waals surface area contributed by atoms with Gasteiger partial charge in [-0.05, 0) is 25.7 Å². The summed E-state index contributed by atoms with van der Waals surface area (Å²) in [7, 11) is 0. The fourth-order valence-corrected chi connectivity index (χ4v) is 2.81. The summed E-state index contributed by atoms with van der Waals surface area (Å²) in [6.07, 6.45) is 10.1. The average molecular weight is 227 g/mol. The molecule has 1 fully saturated rings. The van der Waals surface area contributed by atoms with Gasteiger partial charge in [0.15, 0.2) is 0 Å². The van der Waals surface area contributed by atoms with Crippen LogP contribution in [0.15, 0.2) is 12.4 Å². The molecule has 0 bridgehead atoms. The van der Waals surface area contributed by atoms with Crippen LogP contribution in [-0.4, -0.2) is 14.9 Å². The van der Waals surface area contributed by atoms with Crippen LogP contribution >= 0.6 is 11.6 Å². The van der Waals surface area contributed by atoms with E-state index < -0.39 is 0 Å². The van der Waals surface area contributed by atoms with Gasteiger partial charge in [-0.2, -0.15) is 0 Å². The van der Waals surface area contributed by atoms with E-state index in [0.29, 0.717) is 11.3 Å². The normalized spacial score (nSPS) is 26.8. The molecule has 15 heavy (non-hydrogen) atoms. The lowest BCUT2D eigenvalue weighted by Crippen LogP contribution is -2.23. The first kappa shape index (κ1) is 11.0. The fourth-order valence-electron chi connectivity index (χ4n) is 2.44. The van der Waals surface area contributed by atoms with E-state index in [9.17, 15) is 0 Å². The van der Waals surface area contributed by atoms with Gasteiger partial charge in [0.2, 0.25) is 0 Å². The Hall–Kier alpha value is -0.500. The molecular weight excluding hydrogens is 208 g/mol. The van der Waals surface area contributed by atoms with Crippen LogP contribution in [0.3, 0.4) is 0 Å². The maximum Gasteiger partial charge on any atom is 0.108 e. The van der Waals surface area contributed by atoms with E-state index in [1.807, 2.05) is 6.20 Å². The standard InChI is InChI=1S/C12H19ClN2/c1-2-15-8-7-14-12(15)9-10-5-3-4-6-11(10)13/h7-8,10-11H,2-6,9H2,1H3. The molecule has 0 spiro atoms. The van der Waals surface area contributed by atoms with Crippen molar-refractivity contribution in [3.63, 3.8) is 0 Å². The molecule has 2 nitrogen and oxygen atoms in total. The highest BCUT2D eigenvalue weighted by Gasteiger charge is 2.24. The molecule has 1 aliphatic rings. The number of nitrogens with zero attached hydrogens (tertiary/aromatic N) is 2. The smallest absolute Gasteiger partial charge is 0.108 e. The van der Waals surface area contributed by atoms with E-state index in [2.05, 4.69) is 22.7 Å². The summed E-state index contributed by atoms with van der Waals surface area (Å²) in [6.45, 7) is 3.17. The van der Waals surface area contributed by atoms with Crippen molar-refractivity contribution in [1.29, 1.82) is 0 Å². The molecule has 1 aromatic rings. The molecule has 0 saturated heterocycles. The Morgan fingerprint density at radius 2 is 2.27 bits per heavy atom.